The number of ether oxygens (including phenoxy) is 2. The Labute approximate surface area is 179 Å². The highest BCUT2D eigenvalue weighted by Gasteiger charge is 2.21. The topological polar surface area (TPSA) is 89.2 Å². The Kier molecular flexibility index (Phi) is 5.87. The van der Waals surface area contributed by atoms with Crippen molar-refractivity contribution in [2.24, 2.45) is 5.92 Å². The molecule has 8 nitrogen and oxygen atoms in total. The zero-order valence-corrected chi connectivity index (χ0v) is 18.0. The summed E-state index contributed by atoms with van der Waals surface area (Å²) in [4.78, 5) is 28.1. The summed E-state index contributed by atoms with van der Waals surface area (Å²) in [6.07, 6.45) is 4.04. The van der Waals surface area contributed by atoms with E-state index in [1.54, 1.807) is 12.3 Å². The van der Waals surface area contributed by atoms with Crippen molar-refractivity contribution in [2.75, 3.05) is 38.8 Å². The molecule has 1 aliphatic heterocycles. The molecule has 0 aromatic carbocycles. The summed E-state index contributed by atoms with van der Waals surface area (Å²) >= 11 is 6.27. The highest BCUT2D eigenvalue weighted by atomic mass is 35.5. The number of fused-ring (bicyclic) bond motifs is 2. The minimum atomic E-state index is -0.427. The molecule has 0 saturated carbocycles. The summed E-state index contributed by atoms with van der Waals surface area (Å²) in [7, 11) is 1.54. The predicted molar refractivity (Wildman–Crippen MR) is 116 cm³/mol. The van der Waals surface area contributed by atoms with Crippen molar-refractivity contribution in [3.63, 3.8) is 0 Å². The van der Waals surface area contributed by atoms with E-state index in [1.165, 1.54) is 13.3 Å². The minimum Gasteiger partial charge on any atom is -0.493 e. The lowest BCUT2D eigenvalue weighted by Crippen LogP contribution is -2.12. The molecule has 30 heavy (non-hydrogen) atoms. The number of hydrogen-bond acceptors (Lipinski definition) is 8. The first-order chi connectivity index (χ1) is 14.5. The molecule has 0 aliphatic carbocycles. The van der Waals surface area contributed by atoms with Crippen LogP contribution in [-0.4, -0.2) is 59.3 Å². The van der Waals surface area contributed by atoms with E-state index in [-0.39, 0.29) is 6.73 Å². The number of pyridine rings is 3. The van der Waals surface area contributed by atoms with Crippen LogP contribution in [0.1, 0.15) is 30.6 Å². The third-order valence-corrected chi connectivity index (χ3v) is 5.19. The molecule has 9 heteroatoms. The molecule has 1 saturated heterocycles. The average molecular weight is 430 g/mol. The van der Waals surface area contributed by atoms with Gasteiger partial charge in [0.25, 0.3) is 0 Å². The number of nitrogens with one attached hydrogen (secondary N) is 1. The fraction of sp³-hybridized carbons (Fsp3) is 0.429. The van der Waals surface area contributed by atoms with E-state index in [0.29, 0.717) is 44.3 Å². The summed E-state index contributed by atoms with van der Waals surface area (Å²) in [6.45, 7) is 7.28. The Hall–Kier alpha value is -2.71. The largest absolute Gasteiger partial charge is 0.493 e. The second kappa shape index (κ2) is 8.57. The van der Waals surface area contributed by atoms with Crippen LogP contribution < -0.4 is 10.1 Å². The lowest BCUT2D eigenvalue weighted by molar-refractivity contribution is 0.0395. The van der Waals surface area contributed by atoms with Gasteiger partial charge in [0.05, 0.1) is 30.1 Å². The van der Waals surface area contributed by atoms with E-state index in [9.17, 15) is 4.79 Å². The molecular weight excluding hydrogens is 406 g/mol. The van der Waals surface area contributed by atoms with Gasteiger partial charge in [-0.25, -0.2) is 9.78 Å². The van der Waals surface area contributed by atoms with Crippen LogP contribution in [0, 0.1) is 5.92 Å². The zero-order valence-electron chi connectivity index (χ0n) is 17.2. The Morgan fingerprint density at radius 3 is 2.70 bits per heavy atom. The molecular formula is C21H24ClN5O3. The maximum absolute atomic E-state index is 12.4. The van der Waals surface area contributed by atoms with E-state index >= 15 is 0 Å². The van der Waals surface area contributed by atoms with Crippen LogP contribution in [0.15, 0.2) is 18.5 Å². The van der Waals surface area contributed by atoms with Gasteiger partial charge in [-0.1, -0.05) is 25.4 Å². The molecule has 4 rings (SSSR count). The smallest absolute Gasteiger partial charge is 0.341 e. The average Bonchev–Trinajstić information content (AvgIpc) is 3.55. The van der Waals surface area contributed by atoms with Crippen molar-refractivity contribution >= 4 is 45.3 Å². The van der Waals surface area contributed by atoms with Gasteiger partial charge in [0, 0.05) is 25.8 Å². The monoisotopic (exact) mass is 429 g/mol. The fourth-order valence-corrected chi connectivity index (χ4v) is 3.32. The highest BCUT2D eigenvalue weighted by Crippen LogP contribution is 2.36. The maximum atomic E-state index is 12.4. The van der Waals surface area contributed by atoms with Gasteiger partial charge in [-0.2, -0.15) is 0 Å². The molecule has 0 amide bonds. The van der Waals surface area contributed by atoms with E-state index < -0.39 is 5.97 Å². The second-order valence-corrected chi connectivity index (χ2v) is 8.11. The molecule has 0 spiro atoms. The van der Waals surface area contributed by atoms with E-state index in [0.717, 1.165) is 31.7 Å². The van der Waals surface area contributed by atoms with Gasteiger partial charge in [-0.05, 0) is 18.4 Å². The summed E-state index contributed by atoms with van der Waals surface area (Å²) in [5.41, 5.74) is 3.40. The number of rotatable bonds is 8. The Bertz CT molecular complexity index is 1100. The molecule has 3 aromatic rings. The first-order valence-electron chi connectivity index (χ1n) is 9.93. The van der Waals surface area contributed by atoms with E-state index in [1.807, 2.05) is 4.90 Å². The van der Waals surface area contributed by atoms with Gasteiger partial charge in [0.15, 0.2) is 5.75 Å². The quantitative estimate of drug-likeness (QED) is 0.329. The lowest BCUT2D eigenvalue weighted by atomic mass is 10.1. The normalized spacial score (nSPS) is 13.8. The van der Waals surface area contributed by atoms with Crippen LogP contribution in [0.5, 0.6) is 5.75 Å². The molecule has 1 aliphatic rings. The van der Waals surface area contributed by atoms with E-state index in [4.69, 9.17) is 21.1 Å². The summed E-state index contributed by atoms with van der Waals surface area (Å²) < 4.78 is 10.8. The lowest BCUT2D eigenvalue weighted by Gasteiger charge is -2.15. The van der Waals surface area contributed by atoms with Crippen LogP contribution >= 0.6 is 11.6 Å². The molecule has 1 fully saturated rings. The summed E-state index contributed by atoms with van der Waals surface area (Å²) in [5.74, 6) is 0.555. The number of nitrogens with zero attached hydrogens (tertiary/aromatic N) is 4. The van der Waals surface area contributed by atoms with Gasteiger partial charge in [0.2, 0.25) is 0 Å². The number of halogens is 1. The van der Waals surface area contributed by atoms with Crippen molar-refractivity contribution in [1.82, 2.24) is 19.9 Å². The standard InChI is InChI=1S/C21H24ClN5O3/c1-12(2)4-5-23-17-16-15(26-19-18(17)25-10-14(22)20(19)29-3)8-13(9-24-16)21(28)30-11-27-6-7-27/h8-10,12H,4-7,11H2,1-3H3,(H,23,26). The first-order valence-corrected chi connectivity index (χ1v) is 10.3. The van der Waals surface area contributed by atoms with Crippen molar-refractivity contribution in [2.45, 2.75) is 20.3 Å². The molecule has 3 aromatic heterocycles. The Balaban J connectivity index is 1.80. The molecule has 0 radical (unpaired) electrons. The molecule has 0 bridgehead atoms. The van der Waals surface area contributed by atoms with Crippen molar-refractivity contribution in [3.8, 4) is 5.75 Å². The van der Waals surface area contributed by atoms with Crippen molar-refractivity contribution in [3.05, 3.63) is 29.0 Å². The number of carbonyl (C=O) groups is 1. The van der Waals surface area contributed by atoms with Crippen LogP contribution in [0.4, 0.5) is 5.69 Å². The number of methoxy groups -OCH3 is 1. The first kappa shape index (κ1) is 20.6. The fourth-order valence-electron chi connectivity index (χ4n) is 3.10. The summed E-state index contributed by atoms with van der Waals surface area (Å²) in [6, 6.07) is 1.68. The number of esters is 1. The van der Waals surface area contributed by atoms with Crippen molar-refractivity contribution < 1.29 is 14.3 Å². The molecule has 158 valence electrons. The van der Waals surface area contributed by atoms with Crippen LogP contribution in [0.25, 0.3) is 22.1 Å². The SMILES string of the molecule is COc1c(Cl)cnc2c(NCCC(C)C)c3ncc(C(=O)OCN4CC4)cc3nc12. The molecule has 0 unspecified atom stereocenters. The number of aromatic nitrogens is 3. The van der Waals surface area contributed by atoms with Gasteiger partial charge >= 0.3 is 5.97 Å². The minimum absolute atomic E-state index is 0.289. The number of hydrogen-bond donors (Lipinski definition) is 1. The number of carbonyl (C=O) groups excluding carboxylic acids is 1. The van der Waals surface area contributed by atoms with Crippen LogP contribution in [0.2, 0.25) is 5.02 Å². The molecule has 4 heterocycles. The van der Waals surface area contributed by atoms with E-state index in [2.05, 4.69) is 34.1 Å². The Morgan fingerprint density at radius 1 is 1.23 bits per heavy atom. The Morgan fingerprint density at radius 2 is 2.00 bits per heavy atom. The van der Waals surface area contributed by atoms with Gasteiger partial charge < -0.3 is 14.8 Å². The molecule has 0 atom stereocenters. The third-order valence-electron chi connectivity index (χ3n) is 4.92. The van der Waals surface area contributed by atoms with Gasteiger partial charge in [-0.3, -0.25) is 14.9 Å². The zero-order chi connectivity index (χ0) is 21.3. The maximum Gasteiger partial charge on any atom is 0.341 e. The summed E-state index contributed by atoms with van der Waals surface area (Å²) in [5, 5.41) is 3.81. The highest BCUT2D eigenvalue weighted by molar-refractivity contribution is 6.33. The van der Waals surface area contributed by atoms with Crippen LogP contribution in [0.3, 0.4) is 0 Å². The van der Waals surface area contributed by atoms with Gasteiger partial charge in [0.1, 0.15) is 28.3 Å². The van der Waals surface area contributed by atoms with Crippen LogP contribution in [-0.2, 0) is 4.74 Å². The number of anilines is 1. The third kappa shape index (κ3) is 4.24. The van der Waals surface area contributed by atoms with Gasteiger partial charge in [-0.15, -0.1) is 0 Å². The van der Waals surface area contributed by atoms with Crippen molar-refractivity contribution in [1.29, 1.82) is 0 Å². The second-order valence-electron chi connectivity index (χ2n) is 7.70. The predicted octanol–water partition coefficient (Wildman–Crippen LogP) is 3.73. The molecule has 1 N–H and O–H groups in total.